The topological polar surface area (TPSA) is 35.5 Å². The third kappa shape index (κ3) is 3.53. The highest BCUT2D eigenvalue weighted by molar-refractivity contribution is 5.90. The number of halogens is 2. The van der Waals surface area contributed by atoms with E-state index in [1.54, 1.807) is 12.1 Å². The molecule has 102 valence electrons. The summed E-state index contributed by atoms with van der Waals surface area (Å²) in [7, 11) is 0. The fraction of sp³-hybridized carbons (Fsp3) is 0.357. The van der Waals surface area contributed by atoms with Crippen LogP contribution in [0.2, 0.25) is 0 Å². The fourth-order valence-corrected chi connectivity index (χ4v) is 1.67. The molecule has 0 radical (unpaired) electrons. The molecular formula is C14H14F2O3. The maximum absolute atomic E-state index is 12.7. The molecule has 1 aromatic rings. The van der Waals surface area contributed by atoms with Gasteiger partial charge in [0.25, 0.3) is 0 Å². The Morgan fingerprint density at radius 2 is 2.05 bits per heavy atom. The number of carbonyl (C=O) groups is 1. The van der Waals surface area contributed by atoms with Crippen molar-refractivity contribution in [2.45, 2.75) is 32.3 Å². The van der Waals surface area contributed by atoms with Crippen molar-refractivity contribution in [2.24, 2.45) is 0 Å². The molecule has 0 aliphatic carbocycles. The van der Waals surface area contributed by atoms with E-state index in [1.807, 2.05) is 19.1 Å². The normalized spacial score (nSPS) is 17.3. The molecule has 1 aliphatic rings. The number of ether oxygens (including phenoxy) is 2. The van der Waals surface area contributed by atoms with E-state index in [4.69, 9.17) is 4.74 Å². The van der Waals surface area contributed by atoms with Gasteiger partial charge >= 0.3 is 12.1 Å². The van der Waals surface area contributed by atoms with Crippen molar-refractivity contribution in [3.63, 3.8) is 0 Å². The first-order valence-corrected chi connectivity index (χ1v) is 6.06. The number of hydrogen-bond donors (Lipinski definition) is 0. The minimum absolute atomic E-state index is 0.0220. The second kappa shape index (κ2) is 5.38. The van der Waals surface area contributed by atoms with Gasteiger partial charge in [-0.05, 0) is 24.1 Å². The maximum Gasteiger partial charge on any atom is 0.397 e. The third-order valence-electron chi connectivity index (χ3n) is 2.85. The Labute approximate surface area is 109 Å². The molecule has 1 aromatic carbocycles. The monoisotopic (exact) mass is 268 g/mol. The Morgan fingerprint density at radius 1 is 1.37 bits per heavy atom. The average molecular weight is 268 g/mol. The van der Waals surface area contributed by atoms with Crippen LogP contribution in [0.15, 0.2) is 36.3 Å². The van der Waals surface area contributed by atoms with E-state index in [-0.39, 0.29) is 12.2 Å². The van der Waals surface area contributed by atoms with Gasteiger partial charge in [-0.25, -0.2) is 4.79 Å². The molecule has 0 bridgehead atoms. The lowest BCUT2D eigenvalue weighted by Gasteiger charge is -2.21. The molecule has 0 aromatic heterocycles. The van der Waals surface area contributed by atoms with Crippen LogP contribution in [0.1, 0.15) is 35.7 Å². The highest BCUT2D eigenvalue weighted by Gasteiger charge is 2.34. The van der Waals surface area contributed by atoms with Gasteiger partial charge in [0.15, 0.2) is 0 Å². The Bertz CT molecular complexity index is 492. The van der Waals surface area contributed by atoms with Crippen LogP contribution in [-0.2, 0) is 15.9 Å². The van der Waals surface area contributed by atoms with Crippen LogP contribution in [0, 0.1) is 0 Å². The molecule has 0 N–H and O–H groups in total. The van der Waals surface area contributed by atoms with Gasteiger partial charge in [-0.2, -0.15) is 8.78 Å². The molecule has 0 saturated heterocycles. The van der Waals surface area contributed by atoms with E-state index in [0.29, 0.717) is 5.56 Å². The molecule has 0 saturated carbocycles. The number of alkyl halides is 2. The van der Waals surface area contributed by atoms with Gasteiger partial charge < -0.3 is 9.47 Å². The first-order valence-electron chi connectivity index (χ1n) is 6.06. The number of rotatable bonds is 3. The molecule has 19 heavy (non-hydrogen) atoms. The molecule has 2 rings (SSSR count). The predicted molar refractivity (Wildman–Crippen MR) is 64.6 cm³/mol. The number of aryl methyl sites for hydroxylation is 1. The summed E-state index contributed by atoms with van der Waals surface area (Å²) in [5, 5.41) is 0. The van der Waals surface area contributed by atoms with Gasteiger partial charge in [0.05, 0.1) is 12.0 Å². The van der Waals surface area contributed by atoms with E-state index in [1.165, 1.54) is 0 Å². The van der Waals surface area contributed by atoms with Gasteiger partial charge in [-0.15, -0.1) is 0 Å². The SMILES string of the molecule is CCc1ccc(C(=O)OC2=COC(F)(F)CC2)cc1. The van der Waals surface area contributed by atoms with Crippen LogP contribution < -0.4 is 0 Å². The smallest absolute Gasteiger partial charge is 0.397 e. The number of hydrogen-bond acceptors (Lipinski definition) is 3. The lowest BCUT2D eigenvalue weighted by Crippen LogP contribution is -2.23. The van der Waals surface area contributed by atoms with E-state index >= 15 is 0 Å². The fourth-order valence-electron chi connectivity index (χ4n) is 1.67. The van der Waals surface area contributed by atoms with Crippen LogP contribution >= 0.6 is 0 Å². The summed E-state index contributed by atoms with van der Waals surface area (Å²) in [6.07, 6.45) is -1.99. The van der Waals surface area contributed by atoms with Gasteiger partial charge in [-0.1, -0.05) is 19.1 Å². The van der Waals surface area contributed by atoms with Crippen molar-refractivity contribution in [1.82, 2.24) is 0 Å². The Hall–Kier alpha value is -1.91. The van der Waals surface area contributed by atoms with Crippen molar-refractivity contribution in [1.29, 1.82) is 0 Å². The number of benzene rings is 1. The van der Waals surface area contributed by atoms with Crippen LogP contribution in [0.4, 0.5) is 8.78 Å². The summed E-state index contributed by atoms with van der Waals surface area (Å²) in [5.41, 5.74) is 1.49. The quantitative estimate of drug-likeness (QED) is 0.785. The number of carbonyl (C=O) groups excluding carboxylic acids is 1. The van der Waals surface area contributed by atoms with E-state index in [2.05, 4.69) is 4.74 Å². The lowest BCUT2D eigenvalue weighted by molar-refractivity contribution is -0.217. The summed E-state index contributed by atoms with van der Waals surface area (Å²) >= 11 is 0. The van der Waals surface area contributed by atoms with Crippen molar-refractivity contribution in [3.05, 3.63) is 47.4 Å². The average Bonchev–Trinajstić information content (AvgIpc) is 2.41. The molecule has 1 aliphatic heterocycles. The van der Waals surface area contributed by atoms with Crippen LogP contribution in [0.25, 0.3) is 0 Å². The highest BCUT2D eigenvalue weighted by Crippen LogP contribution is 2.30. The summed E-state index contributed by atoms with van der Waals surface area (Å²) in [5.74, 6) is -0.446. The molecule has 0 amide bonds. The number of allylic oxidation sites excluding steroid dienone is 1. The molecule has 0 unspecified atom stereocenters. The molecule has 0 spiro atoms. The predicted octanol–water partition coefficient (Wildman–Crippen LogP) is 3.65. The number of esters is 1. The molecule has 1 heterocycles. The van der Waals surface area contributed by atoms with Crippen LogP contribution in [-0.4, -0.2) is 12.1 Å². The van der Waals surface area contributed by atoms with Crippen LogP contribution in [0.3, 0.4) is 0 Å². The first kappa shape index (κ1) is 13.5. The van der Waals surface area contributed by atoms with Crippen molar-refractivity contribution in [2.75, 3.05) is 0 Å². The maximum atomic E-state index is 12.7. The zero-order valence-corrected chi connectivity index (χ0v) is 10.5. The Kier molecular flexibility index (Phi) is 3.83. The summed E-state index contributed by atoms with van der Waals surface area (Å²) in [6, 6.07) is 6.97. The Balaban J connectivity index is 1.99. The minimum atomic E-state index is -3.17. The highest BCUT2D eigenvalue weighted by atomic mass is 19.3. The molecule has 5 heteroatoms. The van der Waals surface area contributed by atoms with Gasteiger partial charge in [0.1, 0.15) is 12.0 Å². The second-order valence-electron chi connectivity index (χ2n) is 4.28. The summed E-state index contributed by atoms with van der Waals surface area (Å²) in [6.45, 7) is 2.01. The molecular weight excluding hydrogens is 254 g/mol. The van der Waals surface area contributed by atoms with Crippen molar-refractivity contribution < 1.29 is 23.0 Å². The largest absolute Gasteiger partial charge is 0.437 e. The standard InChI is InChI=1S/C14H14F2O3/c1-2-10-3-5-11(6-4-10)13(17)19-12-7-8-14(15,16)18-9-12/h3-6,9H,2,7-8H2,1H3. The first-order chi connectivity index (χ1) is 9.00. The lowest BCUT2D eigenvalue weighted by atomic mass is 10.1. The second-order valence-corrected chi connectivity index (χ2v) is 4.28. The third-order valence-corrected chi connectivity index (χ3v) is 2.85. The van der Waals surface area contributed by atoms with Gasteiger partial charge in [0.2, 0.25) is 0 Å². The van der Waals surface area contributed by atoms with Gasteiger partial charge in [0, 0.05) is 6.42 Å². The van der Waals surface area contributed by atoms with Crippen molar-refractivity contribution in [3.8, 4) is 0 Å². The van der Waals surface area contributed by atoms with Crippen LogP contribution in [0.5, 0.6) is 0 Å². The zero-order valence-electron chi connectivity index (χ0n) is 10.5. The van der Waals surface area contributed by atoms with E-state index in [9.17, 15) is 13.6 Å². The van der Waals surface area contributed by atoms with E-state index in [0.717, 1.165) is 18.2 Å². The molecule has 0 atom stereocenters. The molecule has 3 nitrogen and oxygen atoms in total. The Morgan fingerprint density at radius 3 is 2.58 bits per heavy atom. The van der Waals surface area contributed by atoms with Crippen molar-refractivity contribution >= 4 is 5.97 Å². The summed E-state index contributed by atoms with van der Waals surface area (Å²) < 4.78 is 34.6. The summed E-state index contributed by atoms with van der Waals surface area (Å²) in [4.78, 5) is 11.8. The zero-order chi connectivity index (χ0) is 13.9. The van der Waals surface area contributed by atoms with Gasteiger partial charge in [-0.3, -0.25) is 0 Å². The van der Waals surface area contributed by atoms with E-state index < -0.39 is 18.5 Å². The minimum Gasteiger partial charge on any atom is -0.437 e. The molecule has 0 fully saturated rings.